The highest BCUT2D eigenvalue weighted by Crippen LogP contribution is 2.40. The van der Waals surface area contributed by atoms with Crippen molar-refractivity contribution in [3.8, 4) is 28.0 Å². The molecule has 216 valence electrons. The van der Waals surface area contributed by atoms with Crippen molar-refractivity contribution < 1.29 is 37.3 Å². The molecule has 9 heteroatoms. The molecule has 42 heavy (non-hydrogen) atoms. The third kappa shape index (κ3) is 5.30. The van der Waals surface area contributed by atoms with E-state index in [4.69, 9.17) is 9.47 Å². The molecule has 0 spiro atoms. The molecule has 1 aliphatic heterocycles. The second-order valence-corrected chi connectivity index (χ2v) is 10.4. The predicted molar refractivity (Wildman–Crippen MR) is 151 cm³/mol. The van der Waals surface area contributed by atoms with E-state index in [1.54, 1.807) is 32.2 Å². The standard InChI is InChI=1S/C33H28F3NO5/c1-17-5-8-25(26-13-20(7-10-29(26)41-4)24-9-6-21(32(38)39)12-18(24)2)23(11-17)16-37-19(3)31(42-33(37)40)22-14-27(34)30(36)28(35)15-22/h5-15,19,31H,16H2,1-4H3,(H,38,39)/t19-,31-/m0/s1. The Morgan fingerprint density at radius 2 is 1.62 bits per heavy atom. The first kappa shape index (κ1) is 28.7. The number of ether oxygens (including phenoxy) is 2. The fourth-order valence-corrected chi connectivity index (χ4v) is 5.41. The first-order valence-corrected chi connectivity index (χ1v) is 13.2. The van der Waals surface area contributed by atoms with E-state index >= 15 is 0 Å². The highest BCUT2D eigenvalue weighted by Gasteiger charge is 2.40. The lowest BCUT2D eigenvalue weighted by Crippen LogP contribution is -2.31. The smallest absolute Gasteiger partial charge is 0.411 e. The summed E-state index contributed by atoms with van der Waals surface area (Å²) in [6, 6.07) is 17.5. The topological polar surface area (TPSA) is 76.1 Å². The zero-order chi connectivity index (χ0) is 30.3. The number of nitrogens with zero attached hydrogens (tertiary/aromatic N) is 1. The van der Waals surface area contributed by atoms with Gasteiger partial charge in [0.2, 0.25) is 0 Å². The lowest BCUT2D eigenvalue weighted by atomic mass is 9.92. The summed E-state index contributed by atoms with van der Waals surface area (Å²) in [7, 11) is 1.56. The molecule has 1 N–H and O–H groups in total. The second-order valence-electron chi connectivity index (χ2n) is 10.4. The van der Waals surface area contributed by atoms with E-state index in [2.05, 4.69) is 0 Å². The number of cyclic esters (lactones) is 1. The lowest BCUT2D eigenvalue weighted by Gasteiger charge is -2.23. The van der Waals surface area contributed by atoms with Gasteiger partial charge in [0.15, 0.2) is 17.5 Å². The van der Waals surface area contributed by atoms with Gasteiger partial charge in [0, 0.05) is 11.1 Å². The number of carboxylic acids is 1. The molecular formula is C33H28F3NO5. The average molecular weight is 576 g/mol. The van der Waals surface area contributed by atoms with Crippen LogP contribution in [0.25, 0.3) is 22.3 Å². The van der Waals surface area contributed by atoms with Crippen molar-refractivity contribution in [2.45, 2.75) is 39.5 Å². The molecule has 1 aliphatic rings. The Kier molecular flexibility index (Phi) is 7.69. The fourth-order valence-electron chi connectivity index (χ4n) is 5.41. The highest BCUT2D eigenvalue weighted by molar-refractivity contribution is 5.89. The van der Waals surface area contributed by atoms with Crippen LogP contribution in [0.2, 0.25) is 0 Å². The molecule has 0 bridgehead atoms. The number of carboxylic acid groups (broad SMARTS) is 1. The SMILES string of the molecule is COc1ccc(-c2ccc(C(=O)O)cc2C)cc1-c1ccc(C)cc1CN1C(=O)O[C@H](c2cc(F)c(F)c(F)c2)[C@@H]1C. The average Bonchev–Trinajstić information content (AvgIpc) is 3.23. The van der Waals surface area contributed by atoms with Crippen LogP contribution < -0.4 is 4.74 Å². The van der Waals surface area contributed by atoms with Gasteiger partial charge in [0.05, 0.1) is 25.3 Å². The van der Waals surface area contributed by atoms with Crippen molar-refractivity contribution >= 4 is 12.1 Å². The van der Waals surface area contributed by atoms with Crippen LogP contribution in [0.15, 0.2) is 66.7 Å². The maximum atomic E-state index is 13.9. The zero-order valence-electron chi connectivity index (χ0n) is 23.4. The fraction of sp³-hybridized carbons (Fsp3) is 0.212. The Hall–Kier alpha value is -4.79. The lowest BCUT2D eigenvalue weighted by molar-refractivity contribution is 0.0696. The van der Waals surface area contributed by atoms with Crippen molar-refractivity contribution in [2.24, 2.45) is 0 Å². The van der Waals surface area contributed by atoms with E-state index in [0.717, 1.165) is 51.1 Å². The number of aryl methyl sites for hydroxylation is 2. The van der Waals surface area contributed by atoms with Crippen molar-refractivity contribution in [2.75, 3.05) is 7.11 Å². The van der Waals surface area contributed by atoms with Gasteiger partial charge >= 0.3 is 12.1 Å². The molecule has 0 aromatic heterocycles. The number of methoxy groups -OCH3 is 1. The van der Waals surface area contributed by atoms with Gasteiger partial charge in [0.1, 0.15) is 11.9 Å². The number of hydrogen-bond acceptors (Lipinski definition) is 4. The van der Waals surface area contributed by atoms with E-state index in [-0.39, 0.29) is 17.7 Å². The molecule has 0 radical (unpaired) electrons. The summed E-state index contributed by atoms with van der Waals surface area (Å²) >= 11 is 0. The van der Waals surface area contributed by atoms with Crippen molar-refractivity contribution in [1.29, 1.82) is 0 Å². The van der Waals surface area contributed by atoms with Crippen LogP contribution in [0.1, 0.15) is 45.6 Å². The molecule has 4 aromatic carbocycles. The molecule has 1 amide bonds. The molecule has 1 saturated heterocycles. The quantitative estimate of drug-likeness (QED) is 0.227. The first-order valence-electron chi connectivity index (χ1n) is 13.2. The van der Waals surface area contributed by atoms with Crippen molar-refractivity contribution in [3.63, 3.8) is 0 Å². The van der Waals surface area contributed by atoms with Gasteiger partial charge in [0.25, 0.3) is 0 Å². The van der Waals surface area contributed by atoms with Crippen LogP contribution in [0.3, 0.4) is 0 Å². The van der Waals surface area contributed by atoms with Crippen LogP contribution in [-0.2, 0) is 11.3 Å². The van der Waals surface area contributed by atoms with E-state index in [1.807, 2.05) is 50.2 Å². The Balaban J connectivity index is 1.53. The Morgan fingerprint density at radius 3 is 2.26 bits per heavy atom. The minimum atomic E-state index is -1.58. The summed E-state index contributed by atoms with van der Waals surface area (Å²) in [6.45, 7) is 5.60. The van der Waals surface area contributed by atoms with E-state index < -0.39 is 41.7 Å². The van der Waals surface area contributed by atoms with Crippen molar-refractivity contribution in [1.82, 2.24) is 4.90 Å². The minimum absolute atomic E-state index is 0.0258. The number of benzene rings is 4. The summed E-state index contributed by atoms with van der Waals surface area (Å²) in [4.78, 5) is 25.9. The Morgan fingerprint density at radius 1 is 0.929 bits per heavy atom. The molecule has 2 atom stereocenters. The summed E-state index contributed by atoms with van der Waals surface area (Å²) in [6.07, 6.45) is -1.66. The molecule has 0 aliphatic carbocycles. The van der Waals surface area contributed by atoms with Gasteiger partial charge in [-0.25, -0.2) is 22.8 Å². The molecule has 6 nitrogen and oxygen atoms in total. The zero-order valence-corrected chi connectivity index (χ0v) is 23.4. The third-order valence-corrected chi connectivity index (χ3v) is 7.60. The summed E-state index contributed by atoms with van der Waals surface area (Å²) < 4.78 is 52.6. The summed E-state index contributed by atoms with van der Waals surface area (Å²) in [5.41, 5.74) is 6.00. The normalized spacial score (nSPS) is 16.5. The number of carbonyl (C=O) groups excluding carboxylic acids is 1. The number of rotatable bonds is 7. The molecule has 4 aromatic rings. The van der Waals surface area contributed by atoms with Crippen LogP contribution >= 0.6 is 0 Å². The monoisotopic (exact) mass is 575 g/mol. The van der Waals surface area contributed by atoms with Crippen LogP contribution in [0, 0.1) is 31.3 Å². The maximum Gasteiger partial charge on any atom is 0.411 e. The molecular weight excluding hydrogens is 547 g/mol. The van der Waals surface area contributed by atoms with Crippen LogP contribution in [0.4, 0.5) is 18.0 Å². The van der Waals surface area contributed by atoms with Crippen molar-refractivity contribution in [3.05, 3.63) is 112 Å². The first-order chi connectivity index (χ1) is 20.0. The second kappa shape index (κ2) is 11.2. The number of amides is 1. The largest absolute Gasteiger partial charge is 0.496 e. The molecule has 0 saturated carbocycles. The predicted octanol–water partition coefficient (Wildman–Crippen LogP) is 7.84. The van der Waals surface area contributed by atoms with Crippen LogP contribution in [0.5, 0.6) is 5.75 Å². The van der Waals surface area contributed by atoms with Crippen LogP contribution in [-0.4, -0.2) is 35.2 Å². The minimum Gasteiger partial charge on any atom is -0.496 e. The van der Waals surface area contributed by atoms with Gasteiger partial charge in [-0.2, -0.15) is 0 Å². The Labute approximate surface area is 240 Å². The van der Waals surface area contributed by atoms with E-state index in [1.165, 1.54) is 4.90 Å². The number of halogens is 3. The van der Waals surface area contributed by atoms with Gasteiger partial charge < -0.3 is 14.6 Å². The van der Waals surface area contributed by atoms with E-state index in [9.17, 15) is 27.9 Å². The number of carbonyl (C=O) groups is 2. The number of hydrogen-bond donors (Lipinski definition) is 1. The Bertz CT molecular complexity index is 1700. The number of aromatic carboxylic acids is 1. The van der Waals surface area contributed by atoms with E-state index in [0.29, 0.717) is 5.75 Å². The maximum absolute atomic E-state index is 13.9. The molecule has 0 unspecified atom stereocenters. The summed E-state index contributed by atoms with van der Waals surface area (Å²) in [5.74, 6) is -4.70. The molecule has 1 fully saturated rings. The van der Waals surface area contributed by atoms with Gasteiger partial charge in [-0.15, -0.1) is 0 Å². The molecule has 1 heterocycles. The third-order valence-electron chi connectivity index (χ3n) is 7.60. The molecule has 5 rings (SSSR count). The van der Waals surface area contributed by atoms with Gasteiger partial charge in [-0.3, -0.25) is 4.90 Å². The van der Waals surface area contributed by atoms with Gasteiger partial charge in [-0.1, -0.05) is 35.9 Å². The highest BCUT2D eigenvalue weighted by atomic mass is 19.2. The van der Waals surface area contributed by atoms with Gasteiger partial charge in [-0.05, 0) is 85.0 Å². The summed E-state index contributed by atoms with van der Waals surface area (Å²) in [5, 5.41) is 9.35.